The van der Waals surface area contributed by atoms with E-state index in [1.165, 1.54) is 18.0 Å². The Bertz CT molecular complexity index is 1150. The van der Waals surface area contributed by atoms with Crippen molar-refractivity contribution in [2.24, 2.45) is 0 Å². The number of rotatable bonds is 6. The largest absolute Gasteiger partial charge is 0.462 e. The molecule has 0 radical (unpaired) electrons. The maximum Gasteiger partial charge on any atom is 0.341 e. The van der Waals surface area contributed by atoms with Crippen LogP contribution in [0.15, 0.2) is 66.0 Å². The Morgan fingerprint density at radius 2 is 1.90 bits per heavy atom. The Hall–Kier alpha value is -2.90. The molecule has 0 aliphatic heterocycles. The molecule has 0 unspecified atom stereocenters. The van der Waals surface area contributed by atoms with Gasteiger partial charge in [0, 0.05) is 22.5 Å². The topological polar surface area (TPSA) is 69.4 Å². The van der Waals surface area contributed by atoms with Crippen molar-refractivity contribution in [2.45, 2.75) is 17.8 Å². The second kappa shape index (κ2) is 8.63. The smallest absolute Gasteiger partial charge is 0.341 e. The first-order valence-electron chi connectivity index (χ1n) is 9.01. The average molecular weight is 425 g/mol. The molecule has 2 aromatic heterocycles. The van der Waals surface area contributed by atoms with Crippen LogP contribution in [-0.2, 0) is 10.5 Å². The summed E-state index contributed by atoms with van der Waals surface area (Å²) in [7, 11) is 0. The van der Waals surface area contributed by atoms with Gasteiger partial charge in [0.05, 0.1) is 12.3 Å². The van der Waals surface area contributed by atoms with Gasteiger partial charge in [0.2, 0.25) is 5.16 Å². The number of fused-ring (bicyclic) bond motifs is 1. The molecule has 0 bridgehead atoms. The maximum absolute atomic E-state index is 12.5. The fourth-order valence-corrected chi connectivity index (χ4v) is 3.74. The van der Waals surface area contributed by atoms with Gasteiger partial charge in [0.15, 0.2) is 0 Å². The van der Waals surface area contributed by atoms with Crippen LogP contribution >= 0.6 is 23.4 Å². The molecule has 0 fully saturated rings. The molecule has 8 heteroatoms. The fourth-order valence-electron chi connectivity index (χ4n) is 2.84. The summed E-state index contributed by atoms with van der Waals surface area (Å²) in [6, 6.07) is 17.2. The average Bonchev–Trinajstić information content (AvgIpc) is 3.16. The zero-order valence-electron chi connectivity index (χ0n) is 15.6. The highest BCUT2D eigenvalue weighted by Crippen LogP contribution is 2.27. The molecule has 6 nitrogen and oxygen atoms in total. The van der Waals surface area contributed by atoms with Crippen molar-refractivity contribution < 1.29 is 9.53 Å². The molecule has 2 aromatic carbocycles. The Morgan fingerprint density at radius 1 is 1.14 bits per heavy atom. The Kier molecular flexibility index (Phi) is 5.78. The predicted molar refractivity (Wildman–Crippen MR) is 113 cm³/mol. The van der Waals surface area contributed by atoms with E-state index in [1.807, 2.05) is 54.6 Å². The summed E-state index contributed by atoms with van der Waals surface area (Å²) in [5, 5.41) is 5.87. The Morgan fingerprint density at radius 3 is 2.62 bits per heavy atom. The van der Waals surface area contributed by atoms with Gasteiger partial charge in [0.1, 0.15) is 5.56 Å². The van der Waals surface area contributed by atoms with Crippen LogP contribution in [0.25, 0.3) is 17.0 Å². The third-order valence-corrected chi connectivity index (χ3v) is 5.33. The van der Waals surface area contributed by atoms with Crippen LogP contribution in [-0.4, -0.2) is 32.2 Å². The number of nitrogens with zero attached hydrogens (tertiary/aromatic N) is 4. The summed E-state index contributed by atoms with van der Waals surface area (Å²) >= 11 is 7.43. The SMILES string of the molecule is CCOC(=O)c1cnc2nc(SCc3ccc(Cl)cc3)nn2c1-c1ccccc1. The second-order valence-corrected chi connectivity index (χ2v) is 7.51. The number of ether oxygens (including phenoxy) is 1. The van der Waals surface area contributed by atoms with Gasteiger partial charge in [-0.15, -0.1) is 5.10 Å². The van der Waals surface area contributed by atoms with Gasteiger partial charge in [-0.1, -0.05) is 65.8 Å². The van der Waals surface area contributed by atoms with E-state index >= 15 is 0 Å². The minimum Gasteiger partial charge on any atom is -0.462 e. The lowest BCUT2D eigenvalue weighted by atomic mass is 10.1. The van der Waals surface area contributed by atoms with Crippen molar-refractivity contribution in [2.75, 3.05) is 6.61 Å². The lowest BCUT2D eigenvalue weighted by Crippen LogP contribution is -2.11. The van der Waals surface area contributed by atoms with E-state index < -0.39 is 5.97 Å². The highest BCUT2D eigenvalue weighted by Gasteiger charge is 2.20. The first kappa shape index (κ1) is 19.4. The van der Waals surface area contributed by atoms with Crippen molar-refractivity contribution in [3.05, 3.63) is 76.9 Å². The van der Waals surface area contributed by atoms with Gasteiger partial charge in [-0.2, -0.15) is 9.50 Å². The number of hydrogen-bond donors (Lipinski definition) is 0. The molecular weight excluding hydrogens is 408 g/mol. The third-order valence-electron chi connectivity index (χ3n) is 4.17. The minimum atomic E-state index is -0.438. The minimum absolute atomic E-state index is 0.282. The summed E-state index contributed by atoms with van der Waals surface area (Å²) in [6.45, 7) is 2.05. The normalized spacial score (nSPS) is 11.0. The molecule has 29 heavy (non-hydrogen) atoms. The second-order valence-electron chi connectivity index (χ2n) is 6.13. The standard InChI is InChI=1S/C21H17ClN4O2S/c1-2-28-19(27)17-12-23-20-24-21(29-13-14-8-10-16(22)11-9-14)25-26(20)18(17)15-6-4-3-5-7-15/h3-12H,2,13H2,1H3. The number of benzene rings is 2. The molecule has 0 saturated carbocycles. The molecule has 0 saturated heterocycles. The quantitative estimate of drug-likeness (QED) is 0.323. The van der Waals surface area contributed by atoms with Gasteiger partial charge in [-0.05, 0) is 24.6 Å². The van der Waals surface area contributed by atoms with Gasteiger partial charge >= 0.3 is 5.97 Å². The molecule has 0 amide bonds. The Balaban J connectivity index is 1.73. The first-order chi connectivity index (χ1) is 14.2. The molecular formula is C21H17ClN4O2S. The first-order valence-corrected chi connectivity index (χ1v) is 10.4. The van der Waals surface area contributed by atoms with E-state index in [9.17, 15) is 4.79 Å². The van der Waals surface area contributed by atoms with E-state index in [0.29, 0.717) is 33.0 Å². The molecule has 4 aromatic rings. The molecule has 0 aliphatic rings. The van der Waals surface area contributed by atoms with Gasteiger partial charge < -0.3 is 4.74 Å². The number of halogens is 1. The zero-order valence-corrected chi connectivity index (χ0v) is 17.2. The molecule has 0 atom stereocenters. The van der Waals surface area contributed by atoms with Crippen LogP contribution in [0.4, 0.5) is 0 Å². The third kappa shape index (κ3) is 4.26. The summed E-state index contributed by atoms with van der Waals surface area (Å²) in [4.78, 5) is 21.3. The maximum atomic E-state index is 12.5. The monoisotopic (exact) mass is 424 g/mol. The number of carbonyl (C=O) groups excluding carboxylic acids is 1. The number of hydrogen-bond acceptors (Lipinski definition) is 6. The number of aromatic nitrogens is 4. The molecule has 4 rings (SSSR count). The van der Waals surface area contributed by atoms with Crippen molar-refractivity contribution >= 4 is 35.1 Å². The van der Waals surface area contributed by atoms with Crippen molar-refractivity contribution in [1.82, 2.24) is 19.6 Å². The highest BCUT2D eigenvalue weighted by molar-refractivity contribution is 7.98. The van der Waals surface area contributed by atoms with E-state index in [0.717, 1.165) is 11.1 Å². The Labute approximate surface area is 176 Å². The number of carbonyl (C=O) groups is 1. The van der Waals surface area contributed by atoms with E-state index in [2.05, 4.69) is 15.1 Å². The molecule has 0 N–H and O–H groups in total. The lowest BCUT2D eigenvalue weighted by Gasteiger charge is -2.09. The van der Waals surface area contributed by atoms with Gasteiger partial charge in [-0.25, -0.2) is 9.78 Å². The molecule has 146 valence electrons. The number of thioether (sulfide) groups is 1. The summed E-state index contributed by atoms with van der Waals surface area (Å²) in [6.07, 6.45) is 1.50. The van der Waals surface area contributed by atoms with Gasteiger partial charge in [0.25, 0.3) is 5.78 Å². The summed E-state index contributed by atoms with van der Waals surface area (Å²) < 4.78 is 6.81. The molecule has 0 spiro atoms. The van der Waals surface area contributed by atoms with E-state index in [-0.39, 0.29) is 6.61 Å². The fraction of sp³-hybridized carbons (Fsp3) is 0.143. The van der Waals surface area contributed by atoms with E-state index in [1.54, 1.807) is 11.4 Å². The van der Waals surface area contributed by atoms with Crippen LogP contribution in [0, 0.1) is 0 Å². The van der Waals surface area contributed by atoms with Crippen LogP contribution in [0.3, 0.4) is 0 Å². The van der Waals surface area contributed by atoms with Crippen LogP contribution in [0.2, 0.25) is 5.02 Å². The summed E-state index contributed by atoms with van der Waals surface area (Å²) in [5.41, 5.74) is 2.91. The zero-order chi connectivity index (χ0) is 20.2. The highest BCUT2D eigenvalue weighted by atomic mass is 35.5. The summed E-state index contributed by atoms with van der Waals surface area (Å²) in [5.74, 6) is 0.682. The lowest BCUT2D eigenvalue weighted by molar-refractivity contribution is 0.0526. The molecule has 0 aliphatic carbocycles. The van der Waals surface area contributed by atoms with E-state index in [4.69, 9.17) is 16.3 Å². The molecule has 2 heterocycles. The van der Waals surface area contributed by atoms with Crippen molar-refractivity contribution in [3.8, 4) is 11.3 Å². The predicted octanol–water partition coefficient (Wildman–Crippen LogP) is 4.91. The van der Waals surface area contributed by atoms with Crippen LogP contribution < -0.4 is 0 Å². The van der Waals surface area contributed by atoms with Crippen LogP contribution in [0.5, 0.6) is 0 Å². The van der Waals surface area contributed by atoms with Crippen molar-refractivity contribution in [1.29, 1.82) is 0 Å². The van der Waals surface area contributed by atoms with Gasteiger partial charge in [-0.3, -0.25) is 0 Å². The van der Waals surface area contributed by atoms with Crippen molar-refractivity contribution in [3.63, 3.8) is 0 Å². The van der Waals surface area contributed by atoms with Crippen LogP contribution in [0.1, 0.15) is 22.8 Å². The number of esters is 1.